The molecular formula is C17H20N6O. The maximum absolute atomic E-state index is 12.5. The largest absolute Gasteiger partial charge is 0.341 e. The zero-order chi connectivity index (χ0) is 16.1. The summed E-state index contributed by atoms with van der Waals surface area (Å²) < 4.78 is 0. The maximum atomic E-state index is 12.5. The van der Waals surface area contributed by atoms with E-state index in [1.807, 2.05) is 11.1 Å². The van der Waals surface area contributed by atoms with E-state index in [-0.39, 0.29) is 5.91 Å². The van der Waals surface area contributed by atoms with Crippen LogP contribution in [0.2, 0.25) is 0 Å². The second kappa shape index (κ2) is 5.29. The minimum atomic E-state index is 0.0391. The number of nitrogens with one attached hydrogen (secondary N) is 1. The summed E-state index contributed by atoms with van der Waals surface area (Å²) in [5.74, 6) is 1.72. The number of carbonyl (C=O) groups excluding carboxylic acids is 1. The molecule has 2 unspecified atom stereocenters. The van der Waals surface area contributed by atoms with Crippen molar-refractivity contribution in [1.82, 2.24) is 25.1 Å². The van der Waals surface area contributed by atoms with Crippen molar-refractivity contribution in [2.75, 3.05) is 31.1 Å². The molecule has 1 aliphatic carbocycles. The number of nitrogens with zero attached hydrogens (tertiary/aromatic N) is 5. The first-order valence-corrected chi connectivity index (χ1v) is 8.69. The first kappa shape index (κ1) is 13.9. The molecule has 0 saturated carbocycles. The number of anilines is 1. The van der Waals surface area contributed by atoms with Gasteiger partial charge >= 0.3 is 0 Å². The number of likely N-dealkylation sites (tertiary alicyclic amines) is 1. The molecule has 1 amide bonds. The second-order valence-electron chi connectivity index (χ2n) is 7.03. The van der Waals surface area contributed by atoms with Gasteiger partial charge in [0.2, 0.25) is 5.95 Å². The van der Waals surface area contributed by atoms with Crippen LogP contribution < -0.4 is 4.90 Å². The van der Waals surface area contributed by atoms with E-state index in [0.717, 1.165) is 44.2 Å². The summed E-state index contributed by atoms with van der Waals surface area (Å²) in [6.07, 6.45) is 7.05. The standard InChI is InChI=1S/C17H20N6O/c24-16(14-3-4-19-21-14)23-9-12-7-11-8-18-17(22-5-1-2-6-22)20-15(11)13(12)10-23/h3-4,8,12-13H,1-2,5-7,9-10H2,(H,19,21). The van der Waals surface area contributed by atoms with Crippen LogP contribution >= 0.6 is 0 Å². The molecular weight excluding hydrogens is 304 g/mol. The molecule has 0 bridgehead atoms. The van der Waals surface area contributed by atoms with Gasteiger partial charge in [0.15, 0.2) is 0 Å². The predicted octanol–water partition coefficient (Wildman–Crippen LogP) is 1.21. The Morgan fingerprint density at radius 3 is 2.92 bits per heavy atom. The van der Waals surface area contributed by atoms with Crippen LogP contribution in [0.4, 0.5) is 5.95 Å². The molecule has 5 rings (SSSR count). The molecule has 0 aromatic carbocycles. The van der Waals surface area contributed by atoms with Crippen molar-refractivity contribution in [2.24, 2.45) is 5.92 Å². The zero-order valence-corrected chi connectivity index (χ0v) is 13.5. The van der Waals surface area contributed by atoms with E-state index < -0.39 is 0 Å². The fourth-order valence-corrected chi connectivity index (χ4v) is 4.34. The lowest BCUT2D eigenvalue weighted by Crippen LogP contribution is -2.30. The molecule has 2 aromatic heterocycles. The lowest BCUT2D eigenvalue weighted by atomic mass is 9.99. The second-order valence-corrected chi connectivity index (χ2v) is 7.03. The highest BCUT2D eigenvalue weighted by Gasteiger charge is 2.43. The number of amides is 1. The highest BCUT2D eigenvalue weighted by Crippen LogP contribution is 2.42. The summed E-state index contributed by atoms with van der Waals surface area (Å²) in [4.78, 5) is 26.2. The van der Waals surface area contributed by atoms with Gasteiger partial charge in [-0.05, 0) is 36.8 Å². The molecule has 4 heterocycles. The van der Waals surface area contributed by atoms with Crippen molar-refractivity contribution in [3.63, 3.8) is 0 Å². The normalized spacial score (nSPS) is 25.2. The Labute approximate surface area is 140 Å². The number of carbonyl (C=O) groups is 1. The summed E-state index contributed by atoms with van der Waals surface area (Å²) in [5.41, 5.74) is 2.99. The third-order valence-corrected chi connectivity index (χ3v) is 5.57. The maximum Gasteiger partial charge on any atom is 0.271 e. The topological polar surface area (TPSA) is 78.0 Å². The zero-order valence-electron chi connectivity index (χ0n) is 13.5. The summed E-state index contributed by atoms with van der Waals surface area (Å²) in [6, 6.07) is 1.73. The molecule has 0 spiro atoms. The minimum absolute atomic E-state index is 0.0391. The number of aromatic amines is 1. The summed E-state index contributed by atoms with van der Waals surface area (Å²) in [7, 11) is 0. The highest BCUT2D eigenvalue weighted by atomic mass is 16.2. The number of fused-ring (bicyclic) bond motifs is 3. The molecule has 2 aromatic rings. The Kier molecular flexibility index (Phi) is 3.08. The van der Waals surface area contributed by atoms with Crippen molar-refractivity contribution in [3.8, 4) is 0 Å². The Bertz CT molecular complexity index is 767. The third kappa shape index (κ3) is 2.11. The number of hydrogen-bond acceptors (Lipinski definition) is 5. The molecule has 0 radical (unpaired) electrons. The van der Waals surface area contributed by atoms with Crippen LogP contribution in [0.3, 0.4) is 0 Å². The van der Waals surface area contributed by atoms with E-state index in [9.17, 15) is 4.79 Å². The van der Waals surface area contributed by atoms with Gasteiger partial charge in [-0.15, -0.1) is 0 Å². The lowest BCUT2D eigenvalue weighted by Gasteiger charge is -2.18. The summed E-state index contributed by atoms with van der Waals surface area (Å²) in [5, 5.41) is 6.65. The van der Waals surface area contributed by atoms with Crippen LogP contribution in [0.5, 0.6) is 0 Å². The molecule has 24 heavy (non-hydrogen) atoms. The molecule has 7 heteroatoms. The Hall–Kier alpha value is -2.44. The van der Waals surface area contributed by atoms with Crippen LogP contribution in [0.15, 0.2) is 18.5 Å². The van der Waals surface area contributed by atoms with Gasteiger partial charge in [0.1, 0.15) is 5.69 Å². The average Bonchev–Trinajstić information content (AvgIpc) is 3.37. The first-order valence-electron chi connectivity index (χ1n) is 8.69. The van der Waals surface area contributed by atoms with Gasteiger partial charge in [-0.2, -0.15) is 5.10 Å². The number of H-pyrrole nitrogens is 1. The molecule has 2 saturated heterocycles. The van der Waals surface area contributed by atoms with Crippen LogP contribution in [0, 0.1) is 5.92 Å². The fourth-order valence-electron chi connectivity index (χ4n) is 4.34. The van der Waals surface area contributed by atoms with Crippen LogP contribution in [-0.4, -0.2) is 57.2 Å². The van der Waals surface area contributed by atoms with Crippen LogP contribution in [0.1, 0.15) is 40.5 Å². The van der Waals surface area contributed by atoms with Gasteiger partial charge in [0, 0.05) is 44.5 Å². The fraction of sp³-hybridized carbons (Fsp3) is 0.529. The summed E-state index contributed by atoms with van der Waals surface area (Å²) >= 11 is 0. The smallest absolute Gasteiger partial charge is 0.271 e. The molecule has 2 aliphatic heterocycles. The Morgan fingerprint density at radius 2 is 2.12 bits per heavy atom. The Balaban J connectivity index is 1.39. The monoisotopic (exact) mass is 324 g/mol. The van der Waals surface area contributed by atoms with E-state index in [1.54, 1.807) is 12.3 Å². The third-order valence-electron chi connectivity index (χ3n) is 5.57. The molecule has 2 fully saturated rings. The van der Waals surface area contributed by atoms with E-state index in [0.29, 0.717) is 17.5 Å². The SMILES string of the molecule is O=C(c1ccn[nH]1)N1CC2Cc3cnc(N4CCCC4)nc3C2C1. The first-order chi connectivity index (χ1) is 11.8. The summed E-state index contributed by atoms with van der Waals surface area (Å²) in [6.45, 7) is 3.64. The molecule has 2 atom stereocenters. The van der Waals surface area contributed by atoms with Crippen LogP contribution in [0.25, 0.3) is 0 Å². The molecule has 3 aliphatic rings. The highest BCUT2D eigenvalue weighted by molar-refractivity contribution is 5.92. The van der Waals surface area contributed by atoms with Gasteiger partial charge in [-0.3, -0.25) is 9.89 Å². The number of aromatic nitrogens is 4. The van der Waals surface area contributed by atoms with Crippen molar-refractivity contribution >= 4 is 11.9 Å². The van der Waals surface area contributed by atoms with Gasteiger partial charge in [-0.1, -0.05) is 0 Å². The molecule has 1 N–H and O–H groups in total. The number of rotatable bonds is 2. The van der Waals surface area contributed by atoms with E-state index >= 15 is 0 Å². The van der Waals surface area contributed by atoms with Crippen molar-refractivity contribution < 1.29 is 4.79 Å². The van der Waals surface area contributed by atoms with Gasteiger partial charge in [0.25, 0.3) is 5.91 Å². The Morgan fingerprint density at radius 1 is 1.25 bits per heavy atom. The predicted molar refractivity (Wildman–Crippen MR) is 87.9 cm³/mol. The quantitative estimate of drug-likeness (QED) is 0.898. The van der Waals surface area contributed by atoms with Crippen molar-refractivity contribution in [3.05, 3.63) is 35.4 Å². The molecule has 124 valence electrons. The minimum Gasteiger partial charge on any atom is -0.341 e. The lowest BCUT2D eigenvalue weighted by molar-refractivity contribution is 0.0779. The molecule has 7 nitrogen and oxygen atoms in total. The van der Waals surface area contributed by atoms with E-state index in [2.05, 4.69) is 20.1 Å². The van der Waals surface area contributed by atoms with E-state index in [1.165, 1.54) is 18.4 Å². The average molecular weight is 324 g/mol. The van der Waals surface area contributed by atoms with Gasteiger partial charge in [0.05, 0.1) is 5.69 Å². The van der Waals surface area contributed by atoms with Gasteiger partial charge < -0.3 is 9.80 Å². The van der Waals surface area contributed by atoms with Gasteiger partial charge in [-0.25, -0.2) is 9.97 Å². The van der Waals surface area contributed by atoms with Crippen LogP contribution in [-0.2, 0) is 6.42 Å². The number of hydrogen-bond donors (Lipinski definition) is 1. The van der Waals surface area contributed by atoms with Crippen molar-refractivity contribution in [2.45, 2.75) is 25.2 Å². The van der Waals surface area contributed by atoms with E-state index in [4.69, 9.17) is 4.98 Å². The van der Waals surface area contributed by atoms with Crippen molar-refractivity contribution in [1.29, 1.82) is 0 Å².